The molecule has 0 saturated carbocycles. The van der Waals surface area contributed by atoms with Crippen molar-refractivity contribution in [1.82, 2.24) is 0 Å². The van der Waals surface area contributed by atoms with Gasteiger partial charge in [0.25, 0.3) is 0 Å². The molecule has 0 amide bonds. The lowest BCUT2D eigenvalue weighted by atomic mass is 9.62. The van der Waals surface area contributed by atoms with Gasteiger partial charge in [0.05, 0.1) is 13.1 Å². The number of Topliss-reactive ketones (excluding diaryl/α,β-unsaturated/α-hetero) is 1. The Balaban J connectivity index is 2.05. The van der Waals surface area contributed by atoms with Crippen molar-refractivity contribution in [2.24, 2.45) is 10.8 Å². The summed E-state index contributed by atoms with van der Waals surface area (Å²) in [5.74, 6) is 0.529. The van der Waals surface area contributed by atoms with Crippen LogP contribution >= 0.6 is 0 Å². The smallest absolute Gasteiger partial charge is 0.206 e. The molecule has 1 N–H and O–H groups in total. The van der Waals surface area contributed by atoms with E-state index in [2.05, 4.69) is 20.4 Å². The molecule has 3 nitrogen and oxygen atoms in total. The average Bonchev–Trinajstić information content (AvgIpc) is 2.12. The second-order valence-electron chi connectivity index (χ2n) is 6.84. The highest BCUT2D eigenvalue weighted by Gasteiger charge is 2.68. The second-order valence-corrected chi connectivity index (χ2v) is 6.84. The first-order valence-electron chi connectivity index (χ1n) is 6.26. The quantitative estimate of drug-likeness (QED) is 0.491. The number of piperidine rings is 2. The number of hydrogen-bond acceptors (Lipinski definition) is 1. The zero-order valence-corrected chi connectivity index (χ0v) is 10.4. The minimum Gasteiger partial charge on any atom is -0.297 e. The maximum absolute atomic E-state index is 12.5. The van der Waals surface area contributed by atoms with E-state index >= 15 is 0 Å². The van der Waals surface area contributed by atoms with Gasteiger partial charge in [-0.05, 0) is 19.9 Å². The largest absolute Gasteiger partial charge is 0.297 e. The average molecular weight is 222 g/mol. The van der Waals surface area contributed by atoms with Crippen LogP contribution in [-0.4, -0.2) is 49.7 Å². The molecule has 0 aromatic heterocycles. The van der Waals surface area contributed by atoms with Crippen LogP contribution < -0.4 is 4.90 Å². The molecule has 3 heteroatoms. The summed E-state index contributed by atoms with van der Waals surface area (Å²) in [7, 11) is 0. The van der Waals surface area contributed by atoms with E-state index in [0.717, 1.165) is 37.2 Å². The van der Waals surface area contributed by atoms with Crippen molar-refractivity contribution in [2.45, 2.75) is 13.8 Å². The van der Waals surface area contributed by atoms with Crippen LogP contribution in [-0.2, 0) is 4.79 Å². The van der Waals surface area contributed by atoms with Gasteiger partial charge in [-0.1, -0.05) is 6.58 Å². The molecule has 0 aromatic rings. The molecule has 4 atom stereocenters. The Morgan fingerprint density at radius 1 is 1.38 bits per heavy atom. The zero-order valence-electron chi connectivity index (χ0n) is 10.4. The number of quaternary nitrogens is 2. The lowest BCUT2D eigenvalue weighted by Gasteiger charge is -2.62. The lowest BCUT2D eigenvalue weighted by molar-refractivity contribution is -1.14. The second kappa shape index (κ2) is 2.77. The normalized spacial score (nSPS) is 54.4. The number of nitrogens with one attached hydrogen (secondary N) is 1. The summed E-state index contributed by atoms with van der Waals surface area (Å²) < 4.78 is 1.09. The van der Waals surface area contributed by atoms with Crippen LogP contribution in [0.25, 0.3) is 0 Å². The van der Waals surface area contributed by atoms with Crippen molar-refractivity contribution in [3.8, 4) is 0 Å². The van der Waals surface area contributed by atoms with E-state index in [4.69, 9.17) is 0 Å². The molecular weight excluding hydrogens is 200 g/mol. The minimum atomic E-state index is -0.0676. The molecule has 0 radical (unpaired) electrons. The van der Waals surface area contributed by atoms with Crippen molar-refractivity contribution < 1.29 is 14.2 Å². The maximum Gasteiger partial charge on any atom is 0.206 e. The van der Waals surface area contributed by atoms with Crippen molar-refractivity contribution in [3.05, 3.63) is 12.7 Å². The molecular formula is C13H22N2O+2. The fourth-order valence-corrected chi connectivity index (χ4v) is 5.01. The van der Waals surface area contributed by atoms with Crippen molar-refractivity contribution in [3.63, 3.8) is 0 Å². The first-order chi connectivity index (χ1) is 7.41. The summed E-state index contributed by atoms with van der Waals surface area (Å²) in [6.45, 7) is 14.7. The topological polar surface area (TPSA) is 21.5 Å². The van der Waals surface area contributed by atoms with E-state index in [1.807, 2.05) is 6.08 Å². The van der Waals surface area contributed by atoms with Crippen LogP contribution in [0.1, 0.15) is 13.8 Å². The van der Waals surface area contributed by atoms with E-state index in [-0.39, 0.29) is 10.8 Å². The van der Waals surface area contributed by atoms with Gasteiger partial charge < -0.3 is 0 Å². The zero-order chi connectivity index (χ0) is 11.6. The van der Waals surface area contributed by atoms with Gasteiger partial charge in [0.1, 0.15) is 30.5 Å². The molecule has 4 saturated heterocycles. The van der Waals surface area contributed by atoms with Crippen molar-refractivity contribution in [2.75, 3.05) is 39.4 Å². The van der Waals surface area contributed by atoms with Crippen LogP contribution in [0.2, 0.25) is 0 Å². The van der Waals surface area contributed by atoms with Crippen LogP contribution in [0.4, 0.5) is 0 Å². The number of nitrogens with zero attached hydrogens (tertiary/aromatic N) is 1. The highest BCUT2D eigenvalue weighted by molar-refractivity contribution is 5.91. The summed E-state index contributed by atoms with van der Waals surface area (Å²) in [6.07, 6.45) is 2.03. The molecule has 0 aromatic carbocycles. The number of carbonyl (C=O) groups is 1. The molecule has 4 aliphatic rings. The Labute approximate surface area is 97.3 Å². The number of carbonyl (C=O) groups excluding carboxylic acids is 1. The van der Waals surface area contributed by atoms with Gasteiger partial charge in [0.15, 0.2) is 5.78 Å². The van der Waals surface area contributed by atoms with Gasteiger partial charge in [0.2, 0.25) is 6.67 Å². The number of rotatable bonds is 2. The predicted molar refractivity (Wildman–Crippen MR) is 61.8 cm³/mol. The van der Waals surface area contributed by atoms with Crippen LogP contribution in [0, 0.1) is 10.8 Å². The first-order valence-corrected chi connectivity index (χ1v) is 6.26. The third-order valence-corrected chi connectivity index (χ3v) is 4.82. The Morgan fingerprint density at radius 3 is 2.44 bits per heavy atom. The van der Waals surface area contributed by atoms with E-state index in [1.165, 1.54) is 6.67 Å². The number of hydrogen-bond donors (Lipinski definition) is 1. The van der Waals surface area contributed by atoms with Gasteiger partial charge in [-0.15, -0.1) is 0 Å². The molecule has 88 valence electrons. The molecule has 16 heavy (non-hydrogen) atoms. The monoisotopic (exact) mass is 222 g/mol. The van der Waals surface area contributed by atoms with Crippen molar-refractivity contribution in [1.29, 1.82) is 0 Å². The first kappa shape index (κ1) is 10.5. The SMILES string of the molecule is C=CC[N+]12C[NH+]3C[C@@](C)(C1)C(=O)[C@](C)(C3)C2. The fraction of sp³-hybridized carbons (Fsp3) is 0.769. The molecule has 4 heterocycles. The lowest BCUT2D eigenvalue weighted by Crippen LogP contribution is -3.23. The van der Waals surface area contributed by atoms with E-state index in [9.17, 15) is 4.79 Å². The predicted octanol–water partition coefficient (Wildman–Crippen LogP) is -0.546. The van der Waals surface area contributed by atoms with Crippen molar-refractivity contribution >= 4 is 5.78 Å². The molecule has 0 spiro atoms. The summed E-state index contributed by atoms with van der Waals surface area (Å²) in [5.41, 5.74) is -0.135. The van der Waals surface area contributed by atoms with Gasteiger partial charge >= 0.3 is 0 Å². The molecule has 4 aliphatic heterocycles. The highest BCUT2D eigenvalue weighted by Crippen LogP contribution is 2.43. The molecule has 4 bridgehead atoms. The van der Waals surface area contributed by atoms with E-state index in [1.54, 1.807) is 4.90 Å². The molecule has 0 aliphatic carbocycles. The molecule has 2 unspecified atom stereocenters. The Morgan fingerprint density at radius 2 is 1.94 bits per heavy atom. The number of ketones is 1. The third-order valence-electron chi connectivity index (χ3n) is 4.82. The third kappa shape index (κ3) is 1.13. The van der Waals surface area contributed by atoms with Crippen LogP contribution in [0.5, 0.6) is 0 Å². The Bertz CT molecular complexity index is 354. The van der Waals surface area contributed by atoms with Gasteiger partial charge in [0, 0.05) is 0 Å². The van der Waals surface area contributed by atoms with Gasteiger partial charge in [-0.2, -0.15) is 0 Å². The summed E-state index contributed by atoms with van der Waals surface area (Å²) >= 11 is 0. The van der Waals surface area contributed by atoms with Crippen LogP contribution in [0.3, 0.4) is 0 Å². The summed E-state index contributed by atoms with van der Waals surface area (Å²) in [4.78, 5) is 14.1. The molecule has 4 fully saturated rings. The molecule has 4 rings (SSSR count). The Kier molecular flexibility index (Phi) is 1.81. The minimum absolute atomic E-state index is 0.0676. The van der Waals surface area contributed by atoms with Gasteiger partial charge in [-0.3, -0.25) is 14.2 Å². The standard InChI is InChI=1S/C13H21N2O/c1-4-5-15-8-12(2)6-14(10-15)7-13(3,9-15)11(12)16/h4H,1,5-10H2,2-3H3/q+1/p+1/t12-,13+,15?. The Hall–Kier alpha value is -0.670. The maximum atomic E-state index is 12.5. The van der Waals surface area contributed by atoms with E-state index < -0.39 is 0 Å². The summed E-state index contributed by atoms with van der Waals surface area (Å²) in [6, 6.07) is 0. The van der Waals surface area contributed by atoms with Crippen LogP contribution in [0.15, 0.2) is 12.7 Å². The fourth-order valence-electron chi connectivity index (χ4n) is 5.01. The van der Waals surface area contributed by atoms with Gasteiger partial charge in [-0.25, -0.2) is 0 Å². The highest BCUT2D eigenvalue weighted by atomic mass is 16.1. The summed E-state index contributed by atoms with van der Waals surface area (Å²) in [5, 5.41) is 0. The van der Waals surface area contributed by atoms with E-state index in [0.29, 0.717) is 5.78 Å².